The Morgan fingerprint density at radius 3 is 2.61 bits per heavy atom. The molecule has 2 rings (SSSR count). The van der Waals surface area contributed by atoms with Crippen molar-refractivity contribution in [1.82, 2.24) is 0 Å². The monoisotopic (exact) mass is 248 g/mol. The van der Waals surface area contributed by atoms with Crippen molar-refractivity contribution in [3.05, 3.63) is 35.9 Å². The van der Waals surface area contributed by atoms with Crippen LogP contribution in [0.4, 0.5) is 0 Å². The Balaban J connectivity index is 2.14. The largest absolute Gasteiger partial charge is 0.469 e. The number of rotatable bonds is 2. The number of benzene rings is 1. The zero-order valence-corrected chi connectivity index (χ0v) is 10.9. The van der Waals surface area contributed by atoms with Crippen molar-refractivity contribution in [3.63, 3.8) is 0 Å². The van der Waals surface area contributed by atoms with E-state index in [4.69, 9.17) is 4.74 Å². The summed E-state index contributed by atoms with van der Waals surface area (Å²) in [6, 6.07) is 10.2. The number of esters is 1. The molecule has 1 N–H and O–H groups in total. The number of methoxy groups -OCH3 is 1. The Bertz CT molecular complexity index is 415. The van der Waals surface area contributed by atoms with Gasteiger partial charge in [0.15, 0.2) is 0 Å². The molecule has 1 aromatic rings. The predicted molar refractivity (Wildman–Crippen MR) is 69.2 cm³/mol. The van der Waals surface area contributed by atoms with E-state index in [1.165, 1.54) is 12.7 Å². The molecule has 0 radical (unpaired) electrons. The molecule has 3 atom stereocenters. The van der Waals surface area contributed by atoms with E-state index < -0.39 is 6.10 Å². The SMILES string of the molecule is COC(=O)C1CCC(C)(c2ccccc2)CC1O. The van der Waals surface area contributed by atoms with E-state index in [1.807, 2.05) is 18.2 Å². The lowest BCUT2D eigenvalue weighted by Crippen LogP contribution is -2.41. The molecule has 1 aromatic carbocycles. The third kappa shape index (κ3) is 2.41. The van der Waals surface area contributed by atoms with Gasteiger partial charge in [-0.1, -0.05) is 37.3 Å². The minimum absolute atomic E-state index is 0.0504. The summed E-state index contributed by atoms with van der Waals surface area (Å²) in [6.07, 6.45) is 1.57. The number of aliphatic hydroxyl groups excluding tert-OH is 1. The maximum atomic E-state index is 11.5. The number of carbonyl (C=O) groups is 1. The number of aliphatic hydroxyl groups is 1. The number of ether oxygens (including phenoxy) is 1. The molecule has 0 heterocycles. The van der Waals surface area contributed by atoms with Crippen LogP contribution < -0.4 is 0 Å². The van der Waals surface area contributed by atoms with Gasteiger partial charge in [-0.2, -0.15) is 0 Å². The van der Waals surface area contributed by atoms with Crippen molar-refractivity contribution in [3.8, 4) is 0 Å². The van der Waals surface area contributed by atoms with Gasteiger partial charge in [0.25, 0.3) is 0 Å². The van der Waals surface area contributed by atoms with Crippen LogP contribution in [0.3, 0.4) is 0 Å². The standard InChI is InChI=1S/C15H20O3/c1-15(11-6-4-3-5-7-11)9-8-12(13(16)10-15)14(17)18-2/h3-7,12-13,16H,8-10H2,1-2H3. The summed E-state index contributed by atoms with van der Waals surface area (Å²) in [6.45, 7) is 2.15. The lowest BCUT2D eigenvalue weighted by molar-refractivity contribution is -0.152. The molecule has 18 heavy (non-hydrogen) atoms. The normalized spacial score (nSPS) is 31.9. The highest BCUT2D eigenvalue weighted by molar-refractivity contribution is 5.73. The second-order valence-electron chi connectivity index (χ2n) is 5.37. The molecular weight excluding hydrogens is 228 g/mol. The van der Waals surface area contributed by atoms with Crippen LogP contribution in [-0.2, 0) is 14.9 Å². The van der Waals surface area contributed by atoms with Crippen molar-refractivity contribution in [2.45, 2.75) is 37.7 Å². The maximum Gasteiger partial charge on any atom is 0.311 e. The smallest absolute Gasteiger partial charge is 0.311 e. The van der Waals surface area contributed by atoms with Gasteiger partial charge in [-0.3, -0.25) is 4.79 Å². The van der Waals surface area contributed by atoms with E-state index in [-0.39, 0.29) is 17.3 Å². The van der Waals surface area contributed by atoms with Crippen molar-refractivity contribution >= 4 is 5.97 Å². The number of carbonyl (C=O) groups excluding carboxylic acids is 1. The Labute approximate surface area is 108 Å². The second kappa shape index (κ2) is 5.11. The Morgan fingerprint density at radius 2 is 2.06 bits per heavy atom. The average molecular weight is 248 g/mol. The van der Waals surface area contributed by atoms with Gasteiger partial charge < -0.3 is 9.84 Å². The zero-order chi connectivity index (χ0) is 13.2. The van der Waals surface area contributed by atoms with E-state index in [2.05, 4.69) is 19.1 Å². The summed E-state index contributed by atoms with van der Waals surface area (Å²) in [7, 11) is 1.38. The summed E-state index contributed by atoms with van der Waals surface area (Å²) < 4.78 is 4.74. The maximum absolute atomic E-state index is 11.5. The van der Waals surface area contributed by atoms with Crippen molar-refractivity contribution in [2.75, 3.05) is 7.11 Å². The van der Waals surface area contributed by atoms with Crippen molar-refractivity contribution in [1.29, 1.82) is 0 Å². The molecule has 0 bridgehead atoms. The first kappa shape index (κ1) is 13.1. The predicted octanol–water partition coefficient (Wildman–Crippen LogP) is 2.28. The van der Waals surface area contributed by atoms with E-state index >= 15 is 0 Å². The number of hydrogen-bond acceptors (Lipinski definition) is 3. The van der Waals surface area contributed by atoms with Crippen LogP contribution in [0.15, 0.2) is 30.3 Å². The second-order valence-corrected chi connectivity index (χ2v) is 5.37. The van der Waals surface area contributed by atoms with Crippen LogP contribution in [0.1, 0.15) is 31.7 Å². The number of hydrogen-bond donors (Lipinski definition) is 1. The van der Waals surface area contributed by atoms with Gasteiger partial charge in [0.1, 0.15) is 0 Å². The summed E-state index contributed by atoms with van der Waals surface area (Å²) in [5, 5.41) is 10.2. The first-order chi connectivity index (χ1) is 8.57. The van der Waals surface area contributed by atoms with Gasteiger partial charge >= 0.3 is 5.97 Å². The summed E-state index contributed by atoms with van der Waals surface area (Å²) in [4.78, 5) is 11.5. The van der Waals surface area contributed by atoms with Crippen LogP contribution >= 0.6 is 0 Å². The summed E-state index contributed by atoms with van der Waals surface area (Å²) >= 11 is 0. The lowest BCUT2D eigenvalue weighted by Gasteiger charge is -2.40. The first-order valence-corrected chi connectivity index (χ1v) is 6.38. The van der Waals surface area contributed by atoms with Gasteiger partial charge in [-0.25, -0.2) is 0 Å². The third-order valence-corrected chi connectivity index (χ3v) is 4.11. The van der Waals surface area contributed by atoms with Gasteiger partial charge in [0.2, 0.25) is 0 Å². The minimum Gasteiger partial charge on any atom is -0.469 e. The highest BCUT2D eigenvalue weighted by atomic mass is 16.5. The first-order valence-electron chi connectivity index (χ1n) is 6.38. The molecule has 3 heteroatoms. The van der Waals surface area contributed by atoms with Crippen LogP contribution in [0.5, 0.6) is 0 Å². The fourth-order valence-electron chi connectivity index (χ4n) is 2.90. The van der Waals surface area contributed by atoms with E-state index in [1.54, 1.807) is 0 Å². The van der Waals surface area contributed by atoms with Gasteiger partial charge in [0.05, 0.1) is 19.1 Å². The summed E-state index contributed by atoms with van der Waals surface area (Å²) in [5.74, 6) is -0.663. The molecule has 1 aliphatic rings. The molecule has 1 saturated carbocycles. The molecule has 0 saturated heterocycles. The fraction of sp³-hybridized carbons (Fsp3) is 0.533. The fourth-order valence-corrected chi connectivity index (χ4v) is 2.90. The van der Waals surface area contributed by atoms with E-state index in [9.17, 15) is 9.90 Å². The molecule has 3 unspecified atom stereocenters. The van der Waals surface area contributed by atoms with Crippen LogP contribution in [0.2, 0.25) is 0 Å². The molecule has 1 fully saturated rings. The van der Waals surface area contributed by atoms with Crippen LogP contribution in [0.25, 0.3) is 0 Å². The van der Waals surface area contributed by atoms with Gasteiger partial charge in [-0.15, -0.1) is 0 Å². The van der Waals surface area contributed by atoms with Crippen molar-refractivity contribution < 1.29 is 14.6 Å². The Kier molecular flexibility index (Phi) is 3.71. The van der Waals surface area contributed by atoms with Crippen LogP contribution in [-0.4, -0.2) is 24.3 Å². The molecule has 1 aliphatic carbocycles. The summed E-state index contributed by atoms with van der Waals surface area (Å²) in [5.41, 5.74) is 1.18. The minimum atomic E-state index is -0.614. The molecule has 0 aliphatic heterocycles. The third-order valence-electron chi connectivity index (χ3n) is 4.11. The van der Waals surface area contributed by atoms with Crippen LogP contribution in [0, 0.1) is 5.92 Å². The highest BCUT2D eigenvalue weighted by Gasteiger charge is 2.41. The topological polar surface area (TPSA) is 46.5 Å². The highest BCUT2D eigenvalue weighted by Crippen LogP contribution is 2.41. The molecule has 0 spiro atoms. The van der Waals surface area contributed by atoms with Gasteiger partial charge in [0, 0.05) is 0 Å². The Hall–Kier alpha value is -1.35. The molecule has 98 valence electrons. The Morgan fingerprint density at radius 1 is 1.39 bits per heavy atom. The van der Waals surface area contributed by atoms with E-state index in [0.29, 0.717) is 12.8 Å². The van der Waals surface area contributed by atoms with Crippen molar-refractivity contribution in [2.24, 2.45) is 5.92 Å². The van der Waals surface area contributed by atoms with E-state index in [0.717, 1.165) is 6.42 Å². The molecule has 0 aromatic heterocycles. The average Bonchev–Trinajstić information content (AvgIpc) is 2.39. The van der Waals surface area contributed by atoms with Gasteiger partial charge in [-0.05, 0) is 30.2 Å². The molecule has 3 nitrogen and oxygen atoms in total. The molecule has 0 amide bonds. The quantitative estimate of drug-likeness (QED) is 0.817. The lowest BCUT2D eigenvalue weighted by atomic mass is 9.66. The zero-order valence-electron chi connectivity index (χ0n) is 10.9. The molecular formula is C15H20O3.